The van der Waals surface area contributed by atoms with E-state index in [-0.39, 0.29) is 0 Å². The van der Waals surface area contributed by atoms with Crippen LogP contribution in [0.2, 0.25) is 5.15 Å². The fourth-order valence-electron chi connectivity index (χ4n) is 2.93. The summed E-state index contributed by atoms with van der Waals surface area (Å²) in [7, 11) is 2.02. The van der Waals surface area contributed by atoms with Crippen molar-refractivity contribution in [2.24, 2.45) is 0 Å². The van der Waals surface area contributed by atoms with Crippen LogP contribution in [-0.4, -0.2) is 43.3 Å². The number of rotatable bonds is 2. The molecule has 2 aliphatic rings. The van der Waals surface area contributed by atoms with Crippen molar-refractivity contribution in [3.63, 3.8) is 0 Å². The van der Waals surface area contributed by atoms with E-state index in [4.69, 9.17) is 21.3 Å². The highest BCUT2D eigenvalue weighted by molar-refractivity contribution is 6.29. The number of anilines is 2. The molecule has 2 aromatic rings. The Labute approximate surface area is 140 Å². The highest BCUT2D eigenvalue weighted by atomic mass is 35.5. The molecule has 0 aliphatic carbocycles. The first-order chi connectivity index (χ1) is 11.2. The lowest BCUT2D eigenvalue weighted by Gasteiger charge is -2.27. The summed E-state index contributed by atoms with van der Waals surface area (Å²) < 4.78 is 5.39. The van der Waals surface area contributed by atoms with Gasteiger partial charge in [-0.2, -0.15) is 0 Å². The van der Waals surface area contributed by atoms with Gasteiger partial charge in [-0.1, -0.05) is 23.7 Å². The third kappa shape index (κ3) is 2.85. The van der Waals surface area contributed by atoms with Crippen LogP contribution >= 0.6 is 11.6 Å². The van der Waals surface area contributed by atoms with Crippen molar-refractivity contribution in [3.8, 4) is 11.3 Å². The van der Waals surface area contributed by atoms with Crippen molar-refractivity contribution < 1.29 is 4.74 Å². The van der Waals surface area contributed by atoms with E-state index in [2.05, 4.69) is 33.5 Å². The minimum atomic E-state index is 0.462. The van der Waals surface area contributed by atoms with E-state index >= 15 is 0 Å². The molecule has 7 heteroatoms. The van der Waals surface area contributed by atoms with Crippen LogP contribution in [-0.2, 0) is 11.3 Å². The summed E-state index contributed by atoms with van der Waals surface area (Å²) in [6.07, 6.45) is 0. The normalized spacial score (nSPS) is 17.5. The zero-order chi connectivity index (χ0) is 15.8. The topological polar surface area (TPSA) is 53.5 Å². The van der Waals surface area contributed by atoms with Crippen molar-refractivity contribution >= 4 is 23.2 Å². The van der Waals surface area contributed by atoms with Gasteiger partial charge in [0, 0.05) is 38.3 Å². The quantitative estimate of drug-likeness (QED) is 0.850. The average molecular weight is 332 g/mol. The Hall–Kier alpha value is -1.89. The molecular formula is C16H18ClN5O. The number of nitrogens with zero attached hydrogens (tertiary/aromatic N) is 4. The third-order valence-electron chi connectivity index (χ3n) is 4.23. The van der Waals surface area contributed by atoms with Crippen molar-refractivity contribution in [1.82, 2.24) is 15.4 Å². The number of benzene rings is 1. The van der Waals surface area contributed by atoms with E-state index in [0.717, 1.165) is 30.9 Å². The smallest absolute Gasteiger partial charge is 0.227 e. The van der Waals surface area contributed by atoms with Crippen LogP contribution in [0.3, 0.4) is 0 Å². The molecular weight excluding hydrogens is 314 g/mol. The van der Waals surface area contributed by atoms with Crippen molar-refractivity contribution in [1.29, 1.82) is 0 Å². The number of hydrazine groups is 1. The lowest BCUT2D eigenvalue weighted by Crippen LogP contribution is -2.37. The zero-order valence-electron chi connectivity index (χ0n) is 12.9. The van der Waals surface area contributed by atoms with Gasteiger partial charge in [0.25, 0.3) is 0 Å². The Kier molecular flexibility index (Phi) is 3.80. The number of fused-ring (bicyclic) bond motifs is 1. The first kappa shape index (κ1) is 14.7. The van der Waals surface area contributed by atoms with Crippen LogP contribution in [0.1, 0.15) is 5.56 Å². The number of morpholine rings is 1. The third-order valence-corrected chi connectivity index (χ3v) is 4.42. The minimum absolute atomic E-state index is 0.462. The molecule has 6 nitrogen and oxygen atoms in total. The summed E-state index contributed by atoms with van der Waals surface area (Å²) in [6.45, 7) is 3.82. The fourth-order valence-corrected chi connectivity index (χ4v) is 3.11. The van der Waals surface area contributed by atoms with E-state index in [0.29, 0.717) is 24.3 Å². The Morgan fingerprint density at radius 2 is 2.00 bits per heavy atom. The molecule has 0 radical (unpaired) electrons. The average Bonchev–Trinajstić information content (AvgIpc) is 2.96. The molecule has 1 saturated heterocycles. The number of hydrogen-bond donors (Lipinski definition) is 1. The summed E-state index contributed by atoms with van der Waals surface area (Å²) in [5, 5.41) is 2.49. The molecule has 0 unspecified atom stereocenters. The number of ether oxygens (including phenoxy) is 1. The second-order valence-corrected chi connectivity index (χ2v) is 6.10. The van der Waals surface area contributed by atoms with Crippen molar-refractivity contribution in [2.45, 2.75) is 6.54 Å². The Morgan fingerprint density at radius 3 is 2.83 bits per heavy atom. The van der Waals surface area contributed by atoms with Gasteiger partial charge >= 0.3 is 0 Å². The van der Waals surface area contributed by atoms with E-state index in [1.54, 1.807) is 0 Å². The van der Waals surface area contributed by atoms with E-state index < -0.39 is 0 Å². The number of aromatic nitrogens is 2. The van der Waals surface area contributed by atoms with Gasteiger partial charge in [0.1, 0.15) is 5.15 Å². The van der Waals surface area contributed by atoms with Gasteiger partial charge in [-0.05, 0) is 11.6 Å². The second kappa shape index (κ2) is 5.96. The number of nitrogens with one attached hydrogen (secondary N) is 1. The SMILES string of the molecule is CN1NCc2ccc(-c3cc(Cl)nc(N4CCOCC4)n3)cc21. The molecule has 1 N–H and O–H groups in total. The molecule has 0 atom stereocenters. The van der Waals surface area contributed by atoms with Crippen LogP contribution in [0.25, 0.3) is 11.3 Å². The van der Waals surface area contributed by atoms with Crippen LogP contribution in [0.15, 0.2) is 24.3 Å². The zero-order valence-corrected chi connectivity index (χ0v) is 13.7. The van der Waals surface area contributed by atoms with Crippen LogP contribution < -0.4 is 15.3 Å². The Balaban J connectivity index is 1.71. The predicted octanol–water partition coefficient (Wildman–Crippen LogP) is 2.09. The molecule has 0 saturated carbocycles. The summed E-state index contributed by atoms with van der Waals surface area (Å²) >= 11 is 6.23. The highest BCUT2D eigenvalue weighted by Gasteiger charge is 2.18. The summed E-state index contributed by atoms with van der Waals surface area (Å²) in [5.74, 6) is 0.669. The lowest BCUT2D eigenvalue weighted by molar-refractivity contribution is 0.122. The summed E-state index contributed by atoms with van der Waals surface area (Å²) in [5.41, 5.74) is 7.63. The van der Waals surface area contributed by atoms with Gasteiger partial charge in [-0.3, -0.25) is 0 Å². The lowest BCUT2D eigenvalue weighted by atomic mass is 10.1. The maximum absolute atomic E-state index is 6.23. The molecule has 3 heterocycles. The van der Waals surface area contributed by atoms with Crippen LogP contribution in [0, 0.1) is 0 Å². The second-order valence-electron chi connectivity index (χ2n) is 5.71. The maximum Gasteiger partial charge on any atom is 0.227 e. The molecule has 1 aromatic carbocycles. The summed E-state index contributed by atoms with van der Waals surface area (Å²) in [6, 6.07) is 8.17. The molecule has 23 heavy (non-hydrogen) atoms. The van der Waals surface area contributed by atoms with Gasteiger partial charge < -0.3 is 14.6 Å². The maximum atomic E-state index is 6.23. The molecule has 0 bridgehead atoms. The van der Waals surface area contributed by atoms with Gasteiger partial charge in [-0.15, -0.1) is 0 Å². The molecule has 1 fully saturated rings. The highest BCUT2D eigenvalue weighted by Crippen LogP contribution is 2.31. The van der Waals surface area contributed by atoms with Gasteiger partial charge in [0.05, 0.1) is 24.6 Å². The fraction of sp³-hybridized carbons (Fsp3) is 0.375. The standard InChI is InChI=1S/C16H18ClN5O/c1-21-14-8-11(2-3-12(14)10-18-21)13-9-15(17)20-16(19-13)22-4-6-23-7-5-22/h2-3,8-9,18H,4-7,10H2,1H3. The molecule has 120 valence electrons. The number of halogens is 1. The first-order valence-corrected chi connectivity index (χ1v) is 8.06. The molecule has 2 aliphatic heterocycles. The monoisotopic (exact) mass is 331 g/mol. The number of hydrogen-bond acceptors (Lipinski definition) is 6. The van der Waals surface area contributed by atoms with Crippen molar-refractivity contribution in [3.05, 3.63) is 35.0 Å². The summed E-state index contributed by atoms with van der Waals surface area (Å²) in [4.78, 5) is 11.2. The van der Waals surface area contributed by atoms with E-state index in [9.17, 15) is 0 Å². The molecule has 4 rings (SSSR count). The minimum Gasteiger partial charge on any atom is -0.378 e. The molecule has 0 amide bonds. The molecule has 0 spiro atoms. The molecule has 1 aromatic heterocycles. The van der Waals surface area contributed by atoms with Gasteiger partial charge in [-0.25, -0.2) is 15.4 Å². The Bertz CT molecular complexity index is 732. The van der Waals surface area contributed by atoms with Gasteiger partial charge in [0.2, 0.25) is 5.95 Å². The van der Waals surface area contributed by atoms with Crippen LogP contribution in [0.4, 0.5) is 11.6 Å². The van der Waals surface area contributed by atoms with Crippen molar-refractivity contribution in [2.75, 3.05) is 43.3 Å². The largest absolute Gasteiger partial charge is 0.378 e. The first-order valence-electron chi connectivity index (χ1n) is 7.68. The van der Waals surface area contributed by atoms with E-state index in [1.165, 1.54) is 11.3 Å². The predicted molar refractivity (Wildman–Crippen MR) is 90.8 cm³/mol. The van der Waals surface area contributed by atoms with Gasteiger partial charge in [0.15, 0.2) is 0 Å². The van der Waals surface area contributed by atoms with Crippen LogP contribution in [0.5, 0.6) is 0 Å². The Morgan fingerprint density at radius 1 is 1.17 bits per heavy atom. The van der Waals surface area contributed by atoms with E-state index in [1.807, 2.05) is 18.1 Å².